The van der Waals surface area contributed by atoms with Crippen LogP contribution in [-0.4, -0.2) is 21.8 Å². The quantitative estimate of drug-likeness (QED) is 0.584. The first-order valence-electron chi connectivity index (χ1n) is 10.9. The van der Waals surface area contributed by atoms with E-state index in [4.69, 9.17) is 0 Å². The molecule has 0 spiro atoms. The van der Waals surface area contributed by atoms with Crippen LogP contribution in [0.5, 0.6) is 0 Å². The van der Waals surface area contributed by atoms with E-state index in [9.17, 15) is 9.90 Å². The number of Topliss-reactive ketones (excluding diaryl/α,β-unsaturated/α-hetero) is 1. The first kappa shape index (κ1) is 19.4. The Bertz CT molecular complexity index is 583. The van der Waals surface area contributed by atoms with Crippen LogP contribution in [0.3, 0.4) is 0 Å². The molecule has 8 atom stereocenters. The lowest BCUT2D eigenvalue weighted by Gasteiger charge is -2.61. The number of carbonyl (C=O) groups excluding carboxylic acids is 1. The molecule has 4 aliphatic rings. The van der Waals surface area contributed by atoms with Gasteiger partial charge in [-0.05, 0) is 98.7 Å². The van der Waals surface area contributed by atoms with Crippen LogP contribution >= 0.6 is 15.9 Å². The van der Waals surface area contributed by atoms with E-state index in [1.165, 1.54) is 32.1 Å². The largest absolute Gasteiger partial charge is 0.390 e. The molecule has 0 saturated heterocycles. The minimum atomic E-state index is -0.463. The highest BCUT2D eigenvalue weighted by atomic mass is 79.9. The maximum absolute atomic E-state index is 12.6. The molecule has 3 heteroatoms. The molecule has 0 aromatic carbocycles. The van der Waals surface area contributed by atoms with Gasteiger partial charge >= 0.3 is 0 Å². The lowest BCUT2D eigenvalue weighted by Crippen LogP contribution is -2.56. The highest BCUT2D eigenvalue weighted by molar-refractivity contribution is 9.09. The highest BCUT2D eigenvalue weighted by Gasteiger charge is 2.61. The van der Waals surface area contributed by atoms with Gasteiger partial charge in [0.05, 0.1) is 10.9 Å². The number of halogens is 1. The summed E-state index contributed by atoms with van der Waals surface area (Å²) in [6.45, 7) is 9.42. The van der Waals surface area contributed by atoms with E-state index in [1.807, 2.05) is 0 Å². The third-order valence-electron chi connectivity index (χ3n) is 9.52. The van der Waals surface area contributed by atoms with Crippen molar-refractivity contribution in [3.05, 3.63) is 0 Å². The van der Waals surface area contributed by atoms with Crippen LogP contribution in [0.4, 0.5) is 0 Å². The first-order chi connectivity index (χ1) is 12.1. The van der Waals surface area contributed by atoms with Crippen LogP contribution in [0.15, 0.2) is 0 Å². The van der Waals surface area contributed by atoms with E-state index < -0.39 is 5.60 Å². The van der Waals surface area contributed by atoms with Gasteiger partial charge in [0.2, 0.25) is 0 Å². The summed E-state index contributed by atoms with van der Waals surface area (Å²) in [5.41, 5.74) is 0.0797. The van der Waals surface area contributed by atoms with E-state index in [0.717, 1.165) is 42.9 Å². The second-order valence-corrected chi connectivity index (χ2v) is 12.0. The fourth-order valence-corrected chi connectivity index (χ4v) is 8.69. The van der Waals surface area contributed by atoms with E-state index in [1.54, 1.807) is 0 Å². The Labute approximate surface area is 168 Å². The number of fused-ring (bicyclic) bond motifs is 5. The molecule has 0 bridgehead atoms. The Morgan fingerprint density at radius 3 is 2.31 bits per heavy atom. The highest BCUT2D eigenvalue weighted by Crippen LogP contribution is 2.67. The van der Waals surface area contributed by atoms with Gasteiger partial charge in [-0.3, -0.25) is 4.79 Å². The van der Waals surface area contributed by atoms with Crippen molar-refractivity contribution in [3.8, 4) is 0 Å². The van der Waals surface area contributed by atoms with E-state index in [-0.39, 0.29) is 11.3 Å². The van der Waals surface area contributed by atoms with E-state index in [0.29, 0.717) is 22.4 Å². The monoisotopic (exact) mass is 424 g/mol. The second kappa shape index (κ2) is 6.31. The number of aliphatic hydroxyl groups is 1. The molecule has 2 nitrogen and oxygen atoms in total. The summed E-state index contributed by atoms with van der Waals surface area (Å²) in [7, 11) is 0. The molecule has 0 amide bonds. The van der Waals surface area contributed by atoms with Gasteiger partial charge in [0.25, 0.3) is 0 Å². The zero-order chi connectivity index (χ0) is 18.9. The van der Waals surface area contributed by atoms with Crippen molar-refractivity contribution in [2.24, 2.45) is 46.3 Å². The average molecular weight is 425 g/mol. The van der Waals surface area contributed by atoms with Crippen molar-refractivity contribution in [3.63, 3.8) is 0 Å². The molecule has 1 N–H and O–H groups in total. The van der Waals surface area contributed by atoms with Crippen LogP contribution in [0.1, 0.15) is 79.1 Å². The predicted octanol–water partition coefficient (Wildman–Crippen LogP) is 5.61. The Morgan fingerprint density at radius 1 is 0.923 bits per heavy atom. The number of hydrogen-bond acceptors (Lipinski definition) is 2. The number of rotatable bonds is 2. The van der Waals surface area contributed by atoms with Gasteiger partial charge in [-0.1, -0.05) is 36.7 Å². The maximum Gasteiger partial charge on any atom is 0.147 e. The zero-order valence-electron chi connectivity index (χ0n) is 17.1. The molecule has 0 aromatic heterocycles. The standard InChI is InChI=1S/C23H37BrO2/c1-21(2)11-16-14(15-7-9-22(3,26)12-19(15)21)8-10-23(4)17(16)5-6-18(23)20(25)13-24/h14-19,26H,5-13H2,1-4H3/t14-,15-,16-,17+,18-,19-,22-,23+/m1/s1. The Kier molecular flexibility index (Phi) is 4.71. The van der Waals surface area contributed by atoms with Crippen molar-refractivity contribution in [1.82, 2.24) is 0 Å². The average Bonchev–Trinajstić information content (AvgIpc) is 2.91. The molecule has 4 rings (SSSR count). The molecule has 0 aliphatic heterocycles. The van der Waals surface area contributed by atoms with Crippen molar-refractivity contribution < 1.29 is 9.90 Å². The third-order valence-corrected chi connectivity index (χ3v) is 10.1. The molecule has 4 saturated carbocycles. The van der Waals surface area contributed by atoms with Crippen molar-refractivity contribution in [2.75, 3.05) is 5.33 Å². The van der Waals surface area contributed by atoms with Crippen LogP contribution in [0.25, 0.3) is 0 Å². The maximum atomic E-state index is 12.6. The van der Waals surface area contributed by atoms with Crippen LogP contribution in [0, 0.1) is 46.3 Å². The SMILES string of the molecule is CC1(C)C[C@@H]2[C@H](CC[C@]3(C)[C@@H](C(=O)CBr)CC[C@@H]23)[C@H]2CC[C@@](C)(O)C[C@H]21. The number of carbonyl (C=O) groups is 1. The van der Waals surface area contributed by atoms with Crippen molar-refractivity contribution >= 4 is 21.7 Å². The zero-order valence-corrected chi connectivity index (χ0v) is 18.6. The van der Waals surface area contributed by atoms with Gasteiger partial charge in [0.1, 0.15) is 5.78 Å². The first-order valence-corrected chi connectivity index (χ1v) is 12.0. The number of hydrogen-bond donors (Lipinski definition) is 1. The summed E-state index contributed by atoms with van der Waals surface area (Å²) in [5, 5.41) is 11.2. The Morgan fingerprint density at radius 2 is 1.62 bits per heavy atom. The molecule has 4 fully saturated rings. The second-order valence-electron chi connectivity index (χ2n) is 11.4. The Balaban J connectivity index is 1.63. The summed E-state index contributed by atoms with van der Waals surface area (Å²) >= 11 is 3.44. The fourth-order valence-electron chi connectivity index (χ4n) is 8.30. The lowest BCUT2D eigenvalue weighted by atomic mass is 9.44. The van der Waals surface area contributed by atoms with Gasteiger partial charge in [0.15, 0.2) is 0 Å². The smallest absolute Gasteiger partial charge is 0.147 e. The van der Waals surface area contributed by atoms with Crippen molar-refractivity contribution in [1.29, 1.82) is 0 Å². The summed E-state index contributed by atoms with van der Waals surface area (Å²) < 4.78 is 0. The Hall–Kier alpha value is 0.110. The van der Waals surface area contributed by atoms with Crippen LogP contribution in [-0.2, 0) is 4.79 Å². The molecule has 0 radical (unpaired) electrons. The lowest BCUT2D eigenvalue weighted by molar-refractivity contribution is -0.149. The molecular weight excluding hydrogens is 388 g/mol. The van der Waals surface area contributed by atoms with Gasteiger partial charge in [-0.25, -0.2) is 0 Å². The summed E-state index contributed by atoms with van der Waals surface area (Å²) in [6.07, 6.45) is 9.37. The predicted molar refractivity (Wildman–Crippen MR) is 109 cm³/mol. The van der Waals surface area contributed by atoms with Crippen LogP contribution in [0.2, 0.25) is 0 Å². The van der Waals surface area contributed by atoms with Gasteiger partial charge in [-0.2, -0.15) is 0 Å². The summed E-state index contributed by atoms with van der Waals surface area (Å²) in [5.74, 6) is 4.53. The molecule has 4 aliphatic carbocycles. The minimum absolute atomic E-state index is 0.231. The van der Waals surface area contributed by atoms with Gasteiger partial charge in [-0.15, -0.1) is 0 Å². The summed E-state index contributed by atoms with van der Waals surface area (Å²) in [6, 6.07) is 0. The molecule has 0 aromatic rings. The van der Waals surface area contributed by atoms with E-state index in [2.05, 4.69) is 43.6 Å². The van der Waals surface area contributed by atoms with Crippen LogP contribution < -0.4 is 0 Å². The number of ketones is 1. The number of alkyl halides is 1. The van der Waals surface area contributed by atoms with E-state index >= 15 is 0 Å². The summed E-state index contributed by atoms with van der Waals surface area (Å²) in [4.78, 5) is 12.6. The fraction of sp³-hybridized carbons (Fsp3) is 0.957. The molecule has 148 valence electrons. The minimum Gasteiger partial charge on any atom is -0.390 e. The topological polar surface area (TPSA) is 37.3 Å². The normalized spacial score (nSPS) is 52.7. The molecule has 0 unspecified atom stereocenters. The van der Waals surface area contributed by atoms with Gasteiger partial charge in [0, 0.05) is 5.92 Å². The molecule has 26 heavy (non-hydrogen) atoms. The third kappa shape index (κ3) is 2.86. The van der Waals surface area contributed by atoms with Gasteiger partial charge < -0.3 is 5.11 Å². The molecular formula is C23H37BrO2. The van der Waals surface area contributed by atoms with Crippen molar-refractivity contribution in [2.45, 2.75) is 84.7 Å². The molecule has 0 heterocycles.